The highest BCUT2D eigenvalue weighted by molar-refractivity contribution is 14.1. The van der Waals surface area contributed by atoms with Gasteiger partial charge in [-0.25, -0.2) is 4.99 Å². The molecule has 1 aliphatic rings. The van der Waals surface area contributed by atoms with Crippen molar-refractivity contribution in [1.82, 2.24) is 4.57 Å². The highest BCUT2D eigenvalue weighted by Gasteiger charge is 2.32. The molecule has 1 aliphatic heterocycles. The number of aromatic nitrogens is 1. The number of nitrogens with zero attached hydrogens (tertiary/aromatic N) is 2. The van der Waals surface area contributed by atoms with Crippen LogP contribution in [0.25, 0.3) is 6.08 Å². The Balaban J connectivity index is 1.64. The molecular weight excluding hydrogens is 677 g/mol. The molecule has 2 heterocycles. The van der Waals surface area contributed by atoms with Crippen LogP contribution in [0, 0.1) is 15.9 Å². The number of terminal acetylenes is 1. The van der Waals surface area contributed by atoms with Crippen LogP contribution in [0.1, 0.15) is 31.0 Å². The van der Waals surface area contributed by atoms with E-state index in [-0.39, 0.29) is 18.1 Å². The molecule has 3 aromatic carbocycles. The molecule has 0 saturated heterocycles. The first-order chi connectivity index (χ1) is 20.8. The third-order valence-electron chi connectivity index (χ3n) is 6.65. The Hall–Kier alpha value is -4.34. The quantitative estimate of drug-likeness (QED) is 0.198. The number of ether oxygens (including phenoxy) is 3. The summed E-state index contributed by atoms with van der Waals surface area (Å²) in [7, 11) is 1.55. The number of carbonyl (C=O) groups is 1. The lowest BCUT2D eigenvalue weighted by Crippen LogP contribution is -2.40. The Morgan fingerprint density at radius 2 is 1.91 bits per heavy atom. The van der Waals surface area contributed by atoms with E-state index in [0.717, 1.165) is 14.7 Å². The first-order valence-corrected chi connectivity index (χ1v) is 15.3. The van der Waals surface area contributed by atoms with Gasteiger partial charge in [0, 0.05) is 5.69 Å². The Labute approximate surface area is 266 Å². The molecule has 0 spiro atoms. The number of benzene rings is 3. The highest BCUT2D eigenvalue weighted by atomic mass is 127. The lowest BCUT2D eigenvalue weighted by atomic mass is 9.95. The summed E-state index contributed by atoms with van der Waals surface area (Å²) < 4.78 is 19.7. The fraction of sp³-hybridized carbons (Fsp3) is 0.182. The Morgan fingerprint density at radius 1 is 1.16 bits per heavy atom. The number of thiazole rings is 1. The van der Waals surface area contributed by atoms with E-state index in [1.165, 1.54) is 11.3 Å². The van der Waals surface area contributed by atoms with Crippen LogP contribution < -0.4 is 34.4 Å². The number of halogens is 1. The molecule has 218 valence electrons. The standard InChI is InChI=1S/C33H28IN3O5S/c1-5-16-42-30-25(34)17-21(18-26(30)40-4)19-27-32(39)37-29(22-12-14-24(15-13-22)41-6-2)28(20(3)35-33(37)43-27)31(38)36-23-10-8-7-9-11-23/h1,7-15,17-19,29H,6,16H2,2-4H3,(H,36,38)/b27-19-/t29-/m0/s1. The van der Waals surface area contributed by atoms with Gasteiger partial charge in [0.1, 0.15) is 12.4 Å². The molecule has 43 heavy (non-hydrogen) atoms. The summed E-state index contributed by atoms with van der Waals surface area (Å²) in [6, 6.07) is 19.6. The Morgan fingerprint density at radius 3 is 2.58 bits per heavy atom. The van der Waals surface area contributed by atoms with Gasteiger partial charge in [0.25, 0.3) is 11.5 Å². The second-order valence-electron chi connectivity index (χ2n) is 9.43. The minimum atomic E-state index is -0.702. The molecule has 10 heteroatoms. The summed E-state index contributed by atoms with van der Waals surface area (Å²) in [4.78, 5) is 33.1. The minimum absolute atomic E-state index is 0.107. The van der Waals surface area contributed by atoms with E-state index < -0.39 is 6.04 Å². The molecule has 0 unspecified atom stereocenters. The number of hydrogen-bond donors (Lipinski definition) is 1. The van der Waals surface area contributed by atoms with Gasteiger partial charge < -0.3 is 19.5 Å². The van der Waals surface area contributed by atoms with Gasteiger partial charge in [-0.05, 0) is 90.0 Å². The molecule has 0 saturated carbocycles. The van der Waals surface area contributed by atoms with E-state index in [2.05, 4.69) is 33.8 Å². The zero-order valence-corrected chi connectivity index (χ0v) is 26.7. The topological polar surface area (TPSA) is 91.2 Å². The summed E-state index contributed by atoms with van der Waals surface area (Å²) in [5.41, 5.74) is 2.81. The third kappa shape index (κ3) is 6.38. The van der Waals surface area contributed by atoms with E-state index in [4.69, 9.17) is 25.6 Å². The molecule has 5 rings (SSSR count). The molecule has 0 radical (unpaired) electrons. The monoisotopic (exact) mass is 705 g/mol. The lowest BCUT2D eigenvalue weighted by Gasteiger charge is -2.25. The first-order valence-electron chi connectivity index (χ1n) is 13.4. The van der Waals surface area contributed by atoms with Crippen molar-refractivity contribution in [1.29, 1.82) is 0 Å². The normalized spacial score (nSPS) is 14.4. The van der Waals surface area contributed by atoms with Gasteiger partial charge in [0.05, 0.1) is 39.1 Å². The molecule has 1 N–H and O–H groups in total. The maximum Gasteiger partial charge on any atom is 0.271 e. The van der Waals surface area contributed by atoms with E-state index >= 15 is 0 Å². The smallest absolute Gasteiger partial charge is 0.271 e. The molecule has 1 amide bonds. The highest BCUT2D eigenvalue weighted by Crippen LogP contribution is 2.35. The predicted octanol–water partition coefficient (Wildman–Crippen LogP) is 4.90. The van der Waals surface area contributed by atoms with Crippen molar-refractivity contribution in [2.24, 2.45) is 4.99 Å². The number of hydrogen-bond acceptors (Lipinski definition) is 7. The zero-order valence-electron chi connectivity index (χ0n) is 23.7. The first kappa shape index (κ1) is 30.1. The van der Waals surface area contributed by atoms with Gasteiger partial charge in [-0.2, -0.15) is 0 Å². The van der Waals surface area contributed by atoms with Gasteiger partial charge in [-0.1, -0.05) is 47.6 Å². The molecule has 1 aromatic heterocycles. The number of rotatable bonds is 9. The van der Waals surface area contributed by atoms with E-state index in [0.29, 0.717) is 50.1 Å². The molecule has 0 fully saturated rings. The van der Waals surface area contributed by atoms with Gasteiger partial charge in [-0.15, -0.1) is 6.42 Å². The number of carbonyl (C=O) groups excluding carboxylic acids is 1. The molecule has 0 aliphatic carbocycles. The Bertz CT molecular complexity index is 1920. The molecule has 1 atom stereocenters. The fourth-order valence-corrected chi connectivity index (χ4v) is 6.62. The summed E-state index contributed by atoms with van der Waals surface area (Å²) in [6.45, 7) is 4.34. The van der Waals surface area contributed by atoms with E-state index in [1.807, 2.05) is 67.6 Å². The Kier molecular flexibility index (Phi) is 9.33. The van der Waals surface area contributed by atoms with Crippen LogP contribution in [0.3, 0.4) is 0 Å². The van der Waals surface area contributed by atoms with Gasteiger partial charge in [0.15, 0.2) is 16.3 Å². The molecular formula is C33H28IN3O5S. The van der Waals surface area contributed by atoms with Crippen LogP contribution in [-0.4, -0.2) is 30.8 Å². The van der Waals surface area contributed by atoms with Crippen molar-refractivity contribution < 1.29 is 19.0 Å². The van der Waals surface area contributed by atoms with Crippen LogP contribution in [0.4, 0.5) is 5.69 Å². The second kappa shape index (κ2) is 13.3. The van der Waals surface area contributed by atoms with Crippen molar-refractivity contribution in [3.63, 3.8) is 0 Å². The van der Waals surface area contributed by atoms with E-state index in [1.54, 1.807) is 30.7 Å². The maximum atomic E-state index is 14.1. The van der Waals surface area contributed by atoms with Crippen molar-refractivity contribution in [2.45, 2.75) is 19.9 Å². The van der Waals surface area contributed by atoms with Crippen molar-refractivity contribution in [3.05, 3.63) is 112 Å². The predicted molar refractivity (Wildman–Crippen MR) is 176 cm³/mol. The fourth-order valence-electron chi connectivity index (χ4n) is 4.79. The van der Waals surface area contributed by atoms with Gasteiger partial charge in [-0.3, -0.25) is 14.2 Å². The van der Waals surface area contributed by atoms with Crippen LogP contribution in [0.15, 0.2) is 87.8 Å². The van der Waals surface area contributed by atoms with Crippen LogP contribution in [-0.2, 0) is 4.79 Å². The summed E-state index contributed by atoms with van der Waals surface area (Å²) in [5.74, 6) is 3.87. The van der Waals surface area contributed by atoms with Crippen LogP contribution >= 0.6 is 33.9 Å². The minimum Gasteiger partial charge on any atom is -0.494 e. The van der Waals surface area contributed by atoms with Gasteiger partial charge in [0.2, 0.25) is 0 Å². The van der Waals surface area contributed by atoms with E-state index in [9.17, 15) is 9.59 Å². The number of methoxy groups -OCH3 is 1. The summed E-state index contributed by atoms with van der Waals surface area (Å²) in [6.07, 6.45) is 7.15. The second-order valence-corrected chi connectivity index (χ2v) is 11.6. The average Bonchev–Trinajstić information content (AvgIpc) is 3.30. The zero-order chi connectivity index (χ0) is 30.5. The molecule has 8 nitrogen and oxygen atoms in total. The number of fused-ring (bicyclic) bond motifs is 1. The number of para-hydroxylation sites is 1. The lowest BCUT2D eigenvalue weighted by molar-refractivity contribution is -0.113. The number of nitrogens with one attached hydrogen (secondary N) is 1. The van der Waals surface area contributed by atoms with Crippen molar-refractivity contribution >= 4 is 51.6 Å². The van der Waals surface area contributed by atoms with Crippen LogP contribution in [0.2, 0.25) is 0 Å². The summed E-state index contributed by atoms with van der Waals surface area (Å²) in [5, 5.41) is 2.97. The average molecular weight is 706 g/mol. The van der Waals surface area contributed by atoms with Crippen LogP contribution in [0.5, 0.6) is 17.2 Å². The number of amides is 1. The van der Waals surface area contributed by atoms with Crippen molar-refractivity contribution in [3.8, 4) is 29.6 Å². The summed E-state index contributed by atoms with van der Waals surface area (Å²) >= 11 is 3.41. The third-order valence-corrected chi connectivity index (χ3v) is 8.44. The van der Waals surface area contributed by atoms with Crippen molar-refractivity contribution in [2.75, 3.05) is 25.6 Å². The van der Waals surface area contributed by atoms with Gasteiger partial charge >= 0.3 is 0 Å². The number of allylic oxidation sites excluding steroid dienone is 1. The largest absolute Gasteiger partial charge is 0.494 e. The maximum absolute atomic E-state index is 14.1. The SMILES string of the molecule is C#CCOc1c(I)cc(/C=c2\sc3n(c2=O)[C@@H](c2ccc(OCC)cc2)C(C(=O)Nc2ccccc2)=C(C)N=3)cc1OC. The molecule has 4 aromatic rings. The molecule has 0 bridgehead atoms. The number of anilines is 1.